The molecule has 85 heavy (non-hydrogen) atoms. The van der Waals surface area contributed by atoms with Crippen LogP contribution in [0, 0.1) is 45.3 Å². The number of fused-ring (bicyclic) bond motifs is 4. The van der Waals surface area contributed by atoms with E-state index in [9.17, 15) is 70.9 Å². The molecular formula is C59H94O26. The van der Waals surface area contributed by atoms with E-state index in [0.29, 0.717) is 38.0 Å². The van der Waals surface area contributed by atoms with Gasteiger partial charge in [-0.25, -0.2) is 0 Å². The predicted molar refractivity (Wildman–Crippen MR) is 287 cm³/mol. The first-order valence-electron chi connectivity index (χ1n) is 30.5. The minimum atomic E-state index is -2.00. The molecule has 10 rings (SSSR count). The van der Waals surface area contributed by atoms with Gasteiger partial charge in [0.05, 0.1) is 50.0 Å². The van der Waals surface area contributed by atoms with E-state index >= 15 is 0 Å². The van der Waals surface area contributed by atoms with Gasteiger partial charge in [-0.3, -0.25) is 9.59 Å². The first kappa shape index (κ1) is 65.9. The molecule has 6 heterocycles. The van der Waals surface area contributed by atoms with E-state index in [4.69, 9.17) is 56.8 Å². The molecular weight excluding hydrogens is 1120 g/mol. The van der Waals surface area contributed by atoms with Crippen LogP contribution in [0.1, 0.15) is 113 Å². The average Bonchev–Trinajstić information content (AvgIpc) is 1.54. The van der Waals surface area contributed by atoms with Gasteiger partial charge in [-0.15, -0.1) is 0 Å². The molecule has 0 amide bonds. The number of Topliss-reactive ketones (excluding diaryl/α,β-unsaturated/α-hetero) is 1. The Morgan fingerprint density at radius 1 is 0.624 bits per heavy atom. The van der Waals surface area contributed by atoms with Gasteiger partial charge in [-0.1, -0.05) is 59.6 Å². The minimum absolute atomic E-state index is 0.0255. The van der Waals surface area contributed by atoms with E-state index in [1.54, 1.807) is 0 Å². The molecule has 0 aromatic carbocycles. The summed E-state index contributed by atoms with van der Waals surface area (Å²) in [6.07, 6.45) is -30.7. The molecule has 3 saturated carbocycles. The Morgan fingerprint density at radius 3 is 1.84 bits per heavy atom. The van der Waals surface area contributed by atoms with Gasteiger partial charge in [-0.05, 0) is 92.8 Å². The number of rotatable bonds is 17. The van der Waals surface area contributed by atoms with Crippen LogP contribution in [-0.4, -0.2) is 260 Å². The lowest BCUT2D eigenvalue weighted by Gasteiger charge is -2.63. The van der Waals surface area contributed by atoms with Crippen molar-refractivity contribution in [2.75, 3.05) is 33.5 Å². The number of ether oxygens (including phenoxy) is 12. The van der Waals surface area contributed by atoms with E-state index in [1.165, 1.54) is 19.6 Å². The zero-order valence-electron chi connectivity index (χ0n) is 50.0. The van der Waals surface area contributed by atoms with Crippen LogP contribution in [0.5, 0.6) is 0 Å². The van der Waals surface area contributed by atoms with E-state index in [1.807, 2.05) is 6.92 Å². The van der Waals surface area contributed by atoms with Crippen molar-refractivity contribution in [3.05, 3.63) is 11.6 Å². The lowest BCUT2D eigenvalue weighted by molar-refractivity contribution is -0.403. The number of ketones is 1. The molecule has 0 radical (unpaired) electrons. The summed E-state index contributed by atoms with van der Waals surface area (Å²) in [7, 11) is 1.19. The van der Waals surface area contributed by atoms with Crippen LogP contribution in [0.4, 0.5) is 0 Å². The summed E-state index contributed by atoms with van der Waals surface area (Å²) < 4.78 is 72.8. The van der Waals surface area contributed by atoms with Crippen LogP contribution in [0.15, 0.2) is 11.6 Å². The maximum absolute atomic E-state index is 14.5. The van der Waals surface area contributed by atoms with E-state index in [-0.39, 0.29) is 35.6 Å². The van der Waals surface area contributed by atoms with Gasteiger partial charge in [0.25, 0.3) is 0 Å². The SMILES string of the molecule is COC1C(O)C(CO)OC(OC2C(O)C(CO)OC(OC3C(C)OC(OC4C(OC5CCC6(C)C7=CCC89C(=O)OC(C)(CCCC(C)C)C8C(=O)CC9(C)C7CCC6C5(C)C)OCC(O)C4O)C(OC4OCC(O)C(O)C4O)C3O)C2O)C1O. The standard InChI is InChI=1S/C59H94O26/c1-24(2)11-10-16-58(8)48-28(62)19-57(7)27-12-13-33-55(4,5)34(15-17-56(33,6)26(27)14-18-59(48,57)54(73)85-58)80-52-46(36(66)30(64)23-76-52)84-53-47(83-49-39(69)35(65)29(63)22-75-49)40(70)43(25(3)77-53)81-51-42(72)45(38(68)32(21-61)79-51)82-50-41(71)44(74-9)37(67)31(20-60)78-50/h14,24-25,27,29-53,60-61,63-72H,10-13,15-23H2,1-9H3. The Kier molecular flexibility index (Phi) is 19.3. The fourth-order valence-electron chi connectivity index (χ4n) is 17.1. The number of aliphatic hydroxyl groups is 12. The van der Waals surface area contributed by atoms with Crippen molar-refractivity contribution in [3.63, 3.8) is 0 Å². The van der Waals surface area contributed by atoms with Crippen molar-refractivity contribution in [2.45, 2.75) is 266 Å². The highest BCUT2D eigenvalue weighted by molar-refractivity contribution is 5.99. The molecule has 486 valence electrons. The zero-order valence-corrected chi connectivity index (χ0v) is 50.0. The maximum atomic E-state index is 14.5. The van der Waals surface area contributed by atoms with Crippen molar-refractivity contribution in [1.29, 1.82) is 0 Å². The monoisotopic (exact) mass is 1220 g/mol. The van der Waals surface area contributed by atoms with Crippen molar-refractivity contribution in [1.82, 2.24) is 0 Å². The fourth-order valence-corrected chi connectivity index (χ4v) is 17.1. The second kappa shape index (κ2) is 24.9. The molecule has 6 saturated heterocycles. The van der Waals surface area contributed by atoms with Crippen LogP contribution in [-0.2, 0) is 66.4 Å². The highest BCUT2D eigenvalue weighted by Gasteiger charge is 2.79. The molecule has 31 unspecified atom stereocenters. The summed E-state index contributed by atoms with van der Waals surface area (Å²) >= 11 is 0. The molecule has 1 spiro atoms. The third kappa shape index (κ3) is 11.1. The van der Waals surface area contributed by atoms with Gasteiger partial charge in [0.2, 0.25) is 0 Å². The molecule has 10 aliphatic rings. The molecule has 26 nitrogen and oxygen atoms in total. The molecule has 0 aromatic rings. The summed E-state index contributed by atoms with van der Waals surface area (Å²) in [6.45, 7) is 13.9. The second-order valence-electron chi connectivity index (χ2n) is 27.6. The summed E-state index contributed by atoms with van der Waals surface area (Å²) in [4.78, 5) is 28.9. The highest BCUT2D eigenvalue weighted by Crippen LogP contribution is 2.75. The number of cyclic esters (lactones) is 1. The van der Waals surface area contributed by atoms with Crippen LogP contribution in [0.25, 0.3) is 0 Å². The van der Waals surface area contributed by atoms with Crippen molar-refractivity contribution >= 4 is 11.8 Å². The Morgan fingerprint density at radius 2 is 1.20 bits per heavy atom. The van der Waals surface area contributed by atoms with Gasteiger partial charge >= 0.3 is 5.97 Å². The van der Waals surface area contributed by atoms with Gasteiger partial charge in [0.1, 0.15) is 115 Å². The summed E-state index contributed by atoms with van der Waals surface area (Å²) in [5, 5.41) is 132. The molecule has 4 aliphatic carbocycles. The molecule has 0 aromatic heterocycles. The number of carbonyl (C=O) groups excluding carboxylic acids is 2. The summed E-state index contributed by atoms with van der Waals surface area (Å²) in [6, 6.07) is 0. The number of carbonyl (C=O) groups is 2. The van der Waals surface area contributed by atoms with Crippen LogP contribution in [0.3, 0.4) is 0 Å². The molecule has 0 bridgehead atoms. The summed E-state index contributed by atoms with van der Waals surface area (Å²) in [5.74, 6) is -0.209. The first-order valence-corrected chi connectivity index (χ1v) is 30.5. The molecule has 9 fully saturated rings. The number of hydrogen-bond donors (Lipinski definition) is 12. The van der Waals surface area contributed by atoms with E-state index in [0.717, 1.165) is 25.7 Å². The Bertz CT molecular complexity index is 2380. The third-order valence-electron chi connectivity index (χ3n) is 21.8. The number of aliphatic hydroxyl groups excluding tert-OH is 12. The predicted octanol–water partition coefficient (Wildman–Crippen LogP) is -1.67. The van der Waals surface area contributed by atoms with Gasteiger partial charge in [0.15, 0.2) is 31.5 Å². The average molecular weight is 1220 g/mol. The van der Waals surface area contributed by atoms with Crippen molar-refractivity contribution < 1.29 is 128 Å². The summed E-state index contributed by atoms with van der Waals surface area (Å²) in [5.41, 5.74) is -2.15. The molecule has 26 heteroatoms. The third-order valence-corrected chi connectivity index (χ3v) is 21.8. The lowest BCUT2D eigenvalue weighted by Crippen LogP contribution is -2.68. The van der Waals surface area contributed by atoms with Crippen LogP contribution < -0.4 is 0 Å². The maximum Gasteiger partial charge on any atom is 0.314 e. The Hall–Kier alpha value is -2.04. The van der Waals surface area contributed by atoms with Gasteiger partial charge in [0, 0.05) is 13.5 Å². The molecule has 31 atom stereocenters. The quantitative estimate of drug-likeness (QED) is 0.0440. The second-order valence-corrected chi connectivity index (χ2v) is 27.6. The Labute approximate surface area is 494 Å². The van der Waals surface area contributed by atoms with Gasteiger partial charge in [-0.2, -0.15) is 0 Å². The Balaban J connectivity index is 0.875. The number of methoxy groups -OCH3 is 1. The normalized spacial score (nSPS) is 52.4. The lowest BCUT2D eigenvalue weighted by atomic mass is 9.41. The van der Waals surface area contributed by atoms with Crippen LogP contribution >= 0.6 is 0 Å². The number of hydrogen-bond acceptors (Lipinski definition) is 26. The van der Waals surface area contributed by atoms with Crippen LogP contribution in [0.2, 0.25) is 0 Å². The first-order chi connectivity index (χ1) is 40.0. The largest absolute Gasteiger partial charge is 0.458 e. The van der Waals surface area contributed by atoms with Crippen molar-refractivity contribution in [3.8, 4) is 0 Å². The minimum Gasteiger partial charge on any atom is -0.458 e. The van der Waals surface area contributed by atoms with E-state index < -0.39 is 195 Å². The topological polar surface area (TPSA) is 388 Å². The number of esters is 1. The zero-order chi connectivity index (χ0) is 61.8. The van der Waals surface area contributed by atoms with Crippen molar-refractivity contribution in [2.24, 2.45) is 45.3 Å². The molecule has 12 N–H and O–H groups in total. The highest BCUT2D eigenvalue weighted by atomic mass is 16.8. The van der Waals surface area contributed by atoms with Gasteiger partial charge < -0.3 is 118 Å². The smallest absolute Gasteiger partial charge is 0.314 e. The molecule has 6 aliphatic heterocycles. The van der Waals surface area contributed by atoms with E-state index in [2.05, 4.69) is 47.6 Å². The number of allylic oxidation sites excluding steroid dienone is 2. The fraction of sp³-hybridized carbons (Fsp3) is 0.932.